The molecule has 0 aliphatic carbocycles. The number of nitrogens with zero attached hydrogens (tertiary/aromatic N) is 1. The van der Waals surface area contributed by atoms with Gasteiger partial charge in [0.2, 0.25) is 0 Å². The van der Waals surface area contributed by atoms with E-state index < -0.39 is 0 Å². The van der Waals surface area contributed by atoms with Crippen molar-refractivity contribution in [3.05, 3.63) is 47.1 Å². The molecule has 0 aliphatic rings. The van der Waals surface area contributed by atoms with Crippen LogP contribution in [0.4, 0.5) is 11.5 Å². The summed E-state index contributed by atoms with van der Waals surface area (Å²) in [5, 5.41) is 2.94. The molecule has 1 heterocycles. The third-order valence-electron chi connectivity index (χ3n) is 2.63. The minimum absolute atomic E-state index is 0.183. The van der Waals surface area contributed by atoms with Gasteiger partial charge in [0.15, 0.2) is 0 Å². The largest absolute Gasteiger partial charge is 0.494 e. The molecule has 0 saturated carbocycles. The molecule has 0 spiro atoms. The Bertz CT molecular complexity index is 631. The average Bonchev–Trinajstić information content (AvgIpc) is 2.48. The number of anilines is 2. The summed E-state index contributed by atoms with van der Waals surface area (Å²) in [5.41, 5.74) is 3.37. The van der Waals surface area contributed by atoms with Gasteiger partial charge < -0.3 is 15.5 Å². The van der Waals surface area contributed by atoms with Gasteiger partial charge in [-0.3, -0.25) is 4.79 Å². The highest BCUT2D eigenvalue weighted by Crippen LogP contribution is 2.18. The monoisotopic (exact) mass is 306 g/mol. The van der Waals surface area contributed by atoms with Gasteiger partial charge in [-0.15, -0.1) is 0 Å². The molecule has 0 atom stereocenters. The molecule has 0 fully saturated rings. The van der Waals surface area contributed by atoms with Crippen molar-refractivity contribution in [3.63, 3.8) is 0 Å². The molecule has 2 rings (SSSR count). The molecule has 0 radical (unpaired) electrons. The topological polar surface area (TPSA) is 89.3 Å². The zero-order valence-electron chi connectivity index (χ0n) is 11.4. The first-order chi connectivity index (χ1) is 10.1. The fourth-order valence-corrected chi connectivity index (χ4v) is 1.91. The Balaban J connectivity index is 2.12. The van der Waals surface area contributed by atoms with Crippen LogP contribution in [0, 0.1) is 0 Å². The summed E-state index contributed by atoms with van der Waals surface area (Å²) in [6, 6.07) is 10.1. The number of benzene rings is 1. The van der Waals surface area contributed by atoms with E-state index in [1.54, 1.807) is 24.3 Å². The first-order valence-corrected chi connectivity index (χ1v) is 6.68. The number of carbonyl (C=O) groups is 1. The van der Waals surface area contributed by atoms with Crippen molar-refractivity contribution >= 4 is 29.0 Å². The molecule has 4 N–H and O–H groups in total. The van der Waals surface area contributed by atoms with Crippen LogP contribution in [0.3, 0.4) is 0 Å². The minimum atomic E-state index is -0.306. The van der Waals surface area contributed by atoms with Crippen molar-refractivity contribution in [1.29, 1.82) is 0 Å². The molecule has 0 aliphatic heterocycles. The second-order valence-electron chi connectivity index (χ2n) is 4.12. The number of nitrogen functional groups attached to an aromatic ring is 1. The van der Waals surface area contributed by atoms with Crippen LogP contribution in [-0.4, -0.2) is 17.5 Å². The maximum Gasteiger partial charge on any atom is 0.255 e. The third-order valence-corrected chi connectivity index (χ3v) is 2.82. The molecule has 1 aromatic carbocycles. The molecule has 2 aromatic rings. The first-order valence-electron chi connectivity index (χ1n) is 6.30. The van der Waals surface area contributed by atoms with E-state index in [1.165, 1.54) is 12.1 Å². The SMILES string of the molecule is CCOc1ccc(NC(=O)c2cc(Cl)nc(NN)c2)cc1. The standard InChI is InChI=1S/C14H15ClN4O2/c1-2-21-11-5-3-10(4-6-11)17-14(20)9-7-12(15)18-13(8-9)19-16/h3-8H,2,16H2,1H3,(H,17,20)(H,18,19). The second-order valence-corrected chi connectivity index (χ2v) is 4.51. The normalized spacial score (nSPS) is 10.0. The second kappa shape index (κ2) is 6.92. The summed E-state index contributed by atoms with van der Waals surface area (Å²) >= 11 is 5.83. The number of hydrazine groups is 1. The van der Waals surface area contributed by atoms with Gasteiger partial charge in [-0.2, -0.15) is 0 Å². The van der Waals surface area contributed by atoms with Gasteiger partial charge in [0.1, 0.15) is 16.7 Å². The van der Waals surface area contributed by atoms with E-state index in [9.17, 15) is 4.79 Å². The highest BCUT2D eigenvalue weighted by atomic mass is 35.5. The molecule has 0 unspecified atom stereocenters. The summed E-state index contributed by atoms with van der Waals surface area (Å²) in [6.45, 7) is 2.50. The lowest BCUT2D eigenvalue weighted by Crippen LogP contribution is -2.14. The van der Waals surface area contributed by atoms with Crippen LogP contribution in [0.1, 0.15) is 17.3 Å². The number of aromatic nitrogens is 1. The fraction of sp³-hybridized carbons (Fsp3) is 0.143. The summed E-state index contributed by atoms with van der Waals surface area (Å²) in [6.07, 6.45) is 0. The van der Waals surface area contributed by atoms with Gasteiger partial charge in [0.05, 0.1) is 6.61 Å². The van der Waals surface area contributed by atoms with E-state index >= 15 is 0 Å². The smallest absolute Gasteiger partial charge is 0.255 e. The zero-order valence-corrected chi connectivity index (χ0v) is 12.1. The van der Waals surface area contributed by atoms with Gasteiger partial charge in [-0.05, 0) is 43.3 Å². The van der Waals surface area contributed by atoms with Gasteiger partial charge in [-0.1, -0.05) is 11.6 Å². The Morgan fingerprint density at radius 1 is 1.33 bits per heavy atom. The number of hydrogen-bond donors (Lipinski definition) is 3. The third kappa shape index (κ3) is 4.08. The lowest BCUT2D eigenvalue weighted by atomic mass is 10.2. The predicted molar refractivity (Wildman–Crippen MR) is 82.6 cm³/mol. The van der Waals surface area contributed by atoms with Crippen LogP contribution in [-0.2, 0) is 0 Å². The molecule has 1 aromatic heterocycles. The van der Waals surface area contributed by atoms with Crippen molar-refractivity contribution in [1.82, 2.24) is 4.98 Å². The van der Waals surface area contributed by atoms with Gasteiger partial charge >= 0.3 is 0 Å². The van der Waals surface area contributed by atoms with Crippen molar-refractivity contribution in [2.24, 2.45) is 5.84 Å². The zero-order chi connectivity index (χ0) is 15.2. The maximum absolute atomic E-state index is 12.1. The minimum Gasteiger partial charge on any atom is -0.494 e. The first kappa shape index (κ1) is 15.1. The van der Waals surface area contributed by atoms with Crippen LogP contribution in [0.2, 0.25) is 5.15 Å². The molecule has 0 bridgehead atoms. The number of nitrogens with one attached hydrogen (secondary N) is 2. The molecule has 110 valence electrons. The number of halogens is 1. The molecule has 0 saturated heterocycles. The molecule has 6 nitrogen and oxygen atoms in total. The van der Waals surface area contributed by atoms with Crippen molar-refractivity contribution in [3.8, 4) is 5.75 Å². The fourth-order valence-electron chi connectivity index (χ4n) is 1.71. The van der Waals surface area contributed by atoms with Crippen molar-refractivity contribution < 1.29 is 9.53 Å². The number of amides is 1. The molecule has 7 heteroatoms. The Morgan fingerprint density at radius 2 is 2.05 bits per heavy atom. The van der Waals surface area contributed by atoms with Gasteiger partial charge in [0.25, 0.3) is 5.91 Å². The van der Waals surface area contributed by atoms with Crippen LogP contribution in [0.5, 0.6) is 5.75 Å². The van der Waals surface area contributed by atoms with E-state index in [0.717, 1.165) is 5.75 Å². The number of nitrogens with two attached hydrogens (primary N) is 1. The van der Waals surface area contributed by atoms with Crippen molar-refractivity contribution in [2.45, 2.75) is 6.92 Å². The number of ether oxygens (including phenoxy) is 1. The molecular weight excluding hydrogens is 292 g/mol. The van der Waals surface area contributed by atoms with E-state index in [4.69, 9.17) is 22.2 Å². The van der Waals surface area contributed by atoms with Crippen LogP contribution < -0.4 is 21.3 Å². The van der Waals surface area contributed by atoms with E-state index in [1.807, 2.05) is 6.92 Å². The predicted octanol–water partition coefficient (Wildman–Crippen LogP) is 2.67. The van der Waals surface area contributed by atoms with Crippen LogP contribution >= 0.6 is 11.6 Å². The summed E-state index contributed by atoms with van der Waals surface area (Å²) in [7, 11) is 0. The summed E-state index contributed by atoms with van der Waals surface area (Å²) in [4.78, 5) is 16.1. The van der Waals surface area contributed by atoms with Gasteiger partial charge in [0, 0.05) is 11.3 Å². The van der Waals surface area contributed by atoms with E-state index in [-0.39, 0.29) is 11.1 Å². The van der Waals surface area contributed by atoms with Crippen LogP contribution in [0.25, 0.3) is 0 Å². The highest BCUT2D eigenvalue weighted by molar-refractivity contribution is 6.30. The average molecular weight is 307 g/mol. The van der Waals surface area contributed by atoms with E-state index in [0.29, 0.717) is 23.7 Å². The number of pyridine rings is 1. The number of hydrogen-bond acceptors (Lipinski definition) is 5. The number of rotatable bonds is 5. The highest BCUT2D eigenvalue weighted by Gasteiger charge is 2.09. The lowest BCUT2D eigenvalue weighted by Gasteiger charge is -2.08. The van der Waals surface area contributed by atoms with Gasteiger partial charge in [-0.25, -0.2) is 10.8 Å². The number of carbonyl (C=O) groups excluding carboxylic acids is 1. The quantitative estimate of drug-likeness (QED) is 0.449. The Kier molecular flexibility index (Phi) is 4.97. The van der Waals surface area contributed by atoms with Crippen LogP contribution in [0.15, 0.2) is 36.4 Å². The molecular formula is C14H15ClN4O2. The van der Waals surface area contributed by atoms with E-state index in [2.05, 4.69) is 15.7 Å². The summed E-state index contributed by atoms with van der Waals surface area (Å²) in [5.74, 6) is 6.03. The Hall–Kier alpha value is -2.31. The maximum atomic E-state index is 12.1. The Morgan fingerprint density at radius 3 is 2.67 bits per heavy atom. The lowest BCUT2D eigenvalue weighted by molar-refractivity contribution is 0.102. The molecule has 21 heavy (non-hydrogen) atoms. The summed E-state index contributed by atoms with van der Waals surface area (Å²) < 4.78 is 5.34. The Labute approximate surface area is 127 Å². The molecule has 1 amide bonds. The van der Waals surface area contributed by atoms with Crippen molar-refractivity contribution in [2.75, 3.05) is 17.3 Å².